The molecule has 2 heterocycles. The largest absolute Gasteiger partial charge is 0.356 e. The van der Waals surface area contributed by atoms with E-state index in [0.717, 1.165) is 25.9 Å². The first kappa shape index (κ1) is 12.3. The number of aromatic nitrogens is 1. The number of likely N-dealkylation sites (tertiary alicyclic amines) is 1. The molecule has 0 saturated carbocycles. The van der Waals surface area contributed by atoms with E-state index in [-0.39, 0.29) is 11.6 Å². The number of carbonyl (C=O) groups is 1. The van der Waals surface area contributed by atoms with E-state index < -0.39 is 4.92 Å². The Labute approximate surface area is 104 Å². The van der Waals surface area contributed by atoms with Crippen molar-refractivity contribution in [3.05, 3.63) is 34.1 Å². The SMILES string of the molecule is O=C(C=Cc1cc([N+](=O)[O-])c[nH]1)N1CCCCC1. The summed E-state index contributed by atoms with van der Waals surface area (Å²) < 4.78 is 0. The predicted molar refractivity (Wildman–Crippen MR) is 66.9 cm³/mol. The number of nitrogens with zero attached hydrogens (tertiary/aromatic N) is 2. The summed E-state index contributed by atoms with van der Waals surface area (Å²) in [5.74, 6) is -0.0352. The molecule has 1 aromatic rings. The highest BCUT2D eigenvalue weighted by atomic mass is 16.6. The lowest BCUT2D eigenvalue weighted by Crippen LogP contribution is -2.34. The maximum Gasteiger partial charge on any atom is 0.287 e. The number of carbonyl (C=O) groups excluding carboxylic acids is 1. The minimum atomic E-state index is -0.472. The fourth-order valence-electron chi connectivity index (χ4n) is 1.98. The van der Waals surface area contributed by atoms with E-state index in [9.17, 15) is 14.9 Å². The highest BCUT2D eigenvalue weighted by molar-refractivity contribution is 5.91. The zero-order valence-corrected chi connectivity index (χ0v) is 9.96. The molecular formula is C12H15N3O3. The van der Waals surface area contributed by atoms with Crippen LogP contribution in [0.25, 0.3) is 6.08 Å². The van der Waals surface area contributed by atoms with Crippen LogP contribution >= 0.6 is 0 Å². The number of amides is 1. The maximum atomic E-state index is 11.8. The number of nitrogens with one attached hydrogen (secondary N) is 1. The van der Waals surface area contributed by atoms with Crippen molar-refractivity contribution in [3.63, 3.8) is 0 Å². The van der Waals surface area contributed by atoms with E-state index in [4.69, 9.17) is 0 Å². The Morgan fingerprint density at radius 2 is 2.11 bits per heavy atom. The van der Waals surface area contributed by atoms with Gasteiger partial charge in [-0.25, -0.2) is 0 Å². The summed E-state index contributed by atoms with van der Waals surface area (Å²) in [6.45, 7) is 1.60. The molecular weight excluding hydrogens is 234 g/mol. The van der Waals surface area contributed by atoms with Crippen LogP contribution in [0.15, 0.2) is 18.3 Å². The average molecular weight is 249 g/mol. The molecule has 1 saturated heterocycles. The van der Waals surface area contributed by atoms with E-state index in [0.29, 0.717) is 5.69 Å². The van der Waals surface area contributed by atoms with Crippen LogP contribution in [-0.4, -0.2) is 33.8 Å². The molecule has 18 heavy (non-hydrogen) atoms. The molecule has 6 nitrogen and oxygen atoms in total. The number of piperidine rings is 1. The van der Waals surface area contributed by atoms with Crippen LogP contribution in [0, 0.1) is 10.1 Å². The van der Waals surface area contributed by atoms with Crippen molar-refractivity contribution in [1.82, 2.24) is 9.88 Å². The second-order valence-corrected chi connectivity index (χ2v) is 4.29. The fourth-order valence-corrected chi connectivity index (χ4v) is 1.98. The molecule has 6 heteroatoms. The van der Waals surface area contributed by atoms with E-state index in [1.807, 2.05) is 0 Å². The van der Waals surface area contributed by atoms with Crippen molar-refractivity contribution in [2.75, 3.05) is 13.1 Å². The Hall–Kier alpha value is -2.11. The predicted octanol–water partition coefficient (Wildman–Crippen LogP) is 1.95. The van der Waals surface area contributed by atoms with Gasteiger partial charge in [-0.1, -0.05) is 0 Å². The molecule has 1 aliphatic rings. The third kappa shape index (κ3) is 2.97. The second kappa shape index (κ2) is 5.48. The van der Waals surface area contributed by atoms with Crippen LogP contribution < -0.4 is 0 Å². The molecule has 0 unspecified atom stereocenters. The van der Waals surface area contributed by atoms with Crippen LogP contribution in [0.3, 0.4) is 0 Å². The first-order valence-electron chi connectivity index (χ1n) is 5.96. The summed E-state index contributed by atoms with van der Waals surface area (Å²) in [4.78, 5) is 26.4. The normalized spacial score (nSPS) is 16.1. The molecule has 0 atom stereocenters. The van der Waals surface area contributed by atoms with Crippen LogP contribution in [0.2, 0.25) is 0 Å². The quantitative estimate of drug-likeness (QED) is 0.505. The van der Waals surface area contributed by atoms with Crippen molar-refractivity contribution < 1.29 is 9.72 Å². The van der Waals surface area contributed by atoms with E-state index >= 15 is 0 Å². The molecule has 1 N–H and O–H groups in total. The van der Waals surface area contributed by atoms with Crippen molar-refractivity contribution in [2.45, 2.75) is 19.3 Å². The zero-order valence-electron chi connectivity index (χ0n) is 9.96. The number of H-pyrrole nitrogens is 1. The molecule has 1 aliphatic heterocycles. The molecule has 0 aromatic carbocycles. The van der Waals surface area contributed by atoms with Gasteiger partial charge in [-0.2, -0.15) is 0 Å². The van der Waals surface area contributed by atoms with Gasteiger partial charge in [0.2, 0.25) is 5.91 Å². The summed E-state index contributed by atoms with van der Waals surface area (Å²) >= 11 is 0. The van der Waals surface area contributed by atoms with E-state index in [2.05, 4.69) is 4.98 Å². The maximum absolute atomic E-state index is 11.8. The van der Waals surface area contributed by atoms with Gasteiger partial charge in [0, 0.05) is 30.9 Å². The number of hydrogen-bond acceptors (Lipinski definition) is 3. The van der Waals surface area contributed by atoms with Crippen molar-refractivity contribution in [2.24, 2.45) is 0 Å². The topological polar surface area (TPSA) is 79.2 Å². The van der Waals surface area contributed by atoms with Gasteiger partial charge in [-0.05, 0) is 25.3 Å². The van der Waals surface area contributed by atoms with E-state index in [1.165, 1.54) is 24.8 Å². The van der Waals surface area contributed by atoms with Gasteiger partial charge >= 0.3 is 0 Å². The van der Waals surface area contributed by atoms with Gasteiger partial charge in [-0.3, -0.25) is 14.9 Å². The molecule has 2 rings (SSSR count). The van der Waals surface area contributed by atoms with Crippen molar-refractivity contribution in [1.29, 1.82) is 0 Å². The number of rotatable bonds is 3. The summed E-state index contributed by atoms with van der Waals surface area (Å²) in [5.41, 5.74) is 0.562. The Kier molecular flexibility index (Phi) is 3.76. The molecule has 1 amide bonds. The van der Waals surface area contributed by atoms with Gasteiger partial charge < -0.3 is 9.88 Å². The van der Waals surface area contributed by atoms with Gasteiger partial charge in [0.15, 0.2) is 0 Å². The molecule has 0 radical (unpaired) electrons. The lowest BCUT2D eigenvalue weighted by molar-refractivity contribution is -0.384. The standard InChI is InChI=1S/C12H15N3O3/c16-12(14-6-2-1-3-7-14)5-4-10-8-11(9-13-10)15(17)18/h4-5,8-9,13H,1-3,6-7H2. The summed E-state index contributed by atoms with van der Waals surface area (Å²) in [6, 6.07) is 1.40. The van der Waals surface area contributed by atoms with Gasteiger partial charge in [0.05, 0.1) is 11.1 Å². The first-order valence-corrected chi connectivity index (χ1v) is 5.96. The van der Waals surface area contributed by atoms with E-state index in [1.54, 1.807) is 11.0 Å². The highest BCUT2D eigenvalue weighted by Crippen LogP contribution is 2.14. The third-order valence-electron chi connectivity index (χ3n) is 2.97. The molecule has 1 aromatic heterocycles. The molecule has 0 bridgehead atoms. The fraction of sp³-hybridized carbons (Fsp3) is 0.417. The molecule has 0 spiro atoms. The van der Waals surface area contributed by atoms with Crippen molar-refractivity contribution >= 4 is 17.7 Å². The monoisotopic (exact) mass is 249 g/mol. The number of aromatic amines is 1. The third-order valence-corrected chi connectivity index (χ3v) is 2.97. The van der Waals surface area contributed by atoms with Crippen LogP contribution in [-0.2, 0) is 4.79 Å². The minimum absolute atomic E-state index is 0.0000662. The highest BCUT2D eigenvalue weighted by Gasteiger charge is 2.14. The van der Waals surface area contributed by atoms with Gasteiger partial charge in [0.1, 0.15) is 0 Å². The average Bonchev–Trinajstić information content (AvgIpc) is 2.86. The molecule has 0 aliphatic carbocycles. The van der Waals surface area contributed by atoms with Crippen LogP contribution in [0.1, 0.15) is 25.0 Å². The van der Waals surface area contributed by atoms with Crippen molar-refractivity contribution in [3.8, 4) is 0 Å². The Morgan fingerprint density at radius 3 is 2.72 bits per heavy atom. The lowest BCUT2D eigenvalue weighted by Gasteiger charge is -2.25. The summed E-state index contributed by atoms with van der Waals surface area (Å²) in [7, 11) is 0. The lowest BCUT2D eigenvalue weighted by atomic mass is 10.1. The molecule has 96 valence electrons. The van der Waals surface area contributed by atoms with Crippen LogP contribution in [0.4, 0.5) is 5.69 Å². The summed E-state index contributed by atoms with van der Waals surface area (Å²) in [5, 5.41) is 10.5. The minimum Gasteiger partial charge on any atom is -0.356 e. The van der Waals surface area contributed by atoms with Gasteiger partial charge in [-0.15, -0.1) is 0 Å². The second-order valence-electron chi connectivity index (χ2n) is 4.29. The Balaban J connectivity index is 1.96. The zero-order chi connectivity index (χ0) is 13.0. The van der Waals surface area contributed by atoms with Gasteiger partial charge in [0.25, 0.3) is 5.69 Å². The number of nitro groups is 1. The molecule has 1 fully saturated rings. The Bertz CT molecular complexity index is 473. The number of hydrogen-bond donors (Lipinski definition) is 1. The first-order chi connectivity index (χ1) is 8.66. The van der Waals surface area contributed by atoms with Crippen LogP contribution in [0.5, 0.6) is 0 Å². The Morgan fingerprint density at radius 1 is 1.39 bits per heavy atom. The summed E-state index contributed by atoms with van der Waals surface area (Å²) in [6.07, 6.45) is 7.62. The smallest absolute Gasteiger partial charge is 0.287 e.